The minimum Gasteiger partial charge on any atom is -0.0925 e. The topological polar surface area (TPSA) is 0 Å². The van der Waals surface area contributed by atoms with Crippen molar-refractivity contribution < 1.29 is 0 Å². The number of hydrogen-bond acceptors (Lipinski definition) is 0. The lowest BCUT2D eigenvalue weighted by Gasteiger charge is -1.99. The van der Waals surface area contributed by atoms with E-state index < -0.39 is 0 Å². The quantitative estimate of drug-likeness (QED) is 0.252. The minimum atomic E-state index is 1.10. The summed E-state index contributed by atoms with van der Waals surface area (Å²) < 4.78 is 0. The summed E-state index contributed by atoms with van der Waals surface area (Å²) >= 11 is 3.42. The lowest BCUT2D eigenvalue weighted by Crippen LogP contribution is -1.80. The average Bonchev–Trinajstić information content (AvgIpc) is 2.26. The molecule has 0 fully saturated rings. The first-order chi connectivity index (χ1) is 7.41. The van der Waals surface area contributed by atoms with Gasteiger partial charge in [-0.15, -0.1) is 0 Å². The van der Waals surface area contributed by atoms with Crippen molar-refractivity contribution in [2.24, 2.45) is 0 Å². The van der Waals surface area contributed by atoms with Gasteiger partial charge in [-0.05, 0) is 19.3 Å². The predicted molar refractivity (Wildman–Crippen MR) is 74.8 cm³/mol. The zero-order valence-electron chi connectivity index (χ0n) is 10.3. The summed E-state index contributed by atoms with van der Waals surface area (Å²) in [5, 5.41) is 1.10. The van der Waals surface area contributed by atoms with E-state index in [2.05, 4.69) is 35.0 Å². The molecule has 0 heterocycles. The fraction of sp³-hybridized carbons (Fsp3) is 0.857. The van der Waals surface area contributed by atoms with Crippen molar-refractivity contribution in [3.8, 4) is 0 Å². The van der Waals surface area contributed by atoms with Gasteiger partial charge in [-0.1, -0.05) is 80.0 Å². The smallest absolute Gasteiger partial charge is 0.00659 e. The molecule has 0 saturated carbocycles. The number of rotatable bonds is 11. The average molecular weight is 275 g/mol. The molecule has 0 saturated heterocycles. The molecule has 0 unspecified atom stereocenters. The second-order valence-corrected chi connectivity index (χ2v) is 5.01. The van der Waals surface area contributed by atoms with Crippen LogP contribution in [0.2, 0.25) is 0 Å². The van der Waals surface area contributed by atoms with Crippen LogP contribution in [0, 0.1) is 0 Å². The Labute approximate surface area is 105 Å². The Bertz CT molecular complexity index is 129. The maximum Gasteiger partial charge on any atom is 0.00659 e. The molecular formula is C14H27Br. The zero-order chi connectivity index (χ0) is 11.2. The first-order valence-electron chi connectivity index (χ1n) is 6.62. The van der Waals surface area contributed by atoms with E-state index in [1.165, 1.54) is 64.2 Å². The van der Waals surface area contributed by atoms with Crippen LogP contribution in [0.4, 0.5) is 0 Å². The number of hydrogen-bond donors (Lipinski definition) is 0. The molecule has 0 aromatic heterocycles. The molecule has 0 N–H and O–H groups in total. The van der Waals surface area contributed by atoms with E-state index in [9.17, 15) is 0 Å². The Kier molecular flexibility index (Phi) is 14.4. The van der Waals surface area contributed by atoms with Crippen LogP contribution in [0.1, 0.15) is 71.1 Å². The Hall–Kier alpha value is 0.220. The number of allylic oxidation sites excluding steroid dienone is 2. The normalized spacial score (nSPS) is 11.3. The third-order valence-electron chi connectivity index (χ3n) is 2.67. The molecule has 0 aromatic carbocycles. The Morgan fingerprint density at radius 1 is 0.733 bits per heavy atom. The van der Waals surface area contributed by atoms with E-state index in [0.717, 1.165) is 5.33 Å². The van der Waals surface area contributed by atoms with Gasteiger partial charge in [-0.3, -0.25) is 0 Å². The zero-order valence-corrected chi connectivity index (χ0v) is 11.9. The summed E-state index contributed by atoms with van der Waals surface area (Å²) in [5.74, 6) is 0. The molecule has 0 radical (unpaired) electrons. The Morgan fingerprint density at radius 3 is 1.87 bits per heavy atom. The van der Waals surface area contributed by atoms with Crippen LogP contribution < -0.4 is 0 Å². The molecule has 15 heavy (non-hydrogen) atoms. The monoisotopic (exact) mass is 274 g/mol. The minimum absolute atomic E-state index is 1.10. The van der Waals surface area contributed by atoms with Crippen LogP contribution in [0.3, 0.4) is 0 Å². The molecule has 0 aliphatic carbocycles. The maximum absolute atomic E-state index is 3.42. The molecule has 0 aromatic rings. The van der Waals surface area contributed by atoms with Crippen LogP contribution in [-0.2, 0) is 0 Å². The Morgan fingerprint density at radius 2 is 1.27 bits per heavy atom. The second kappa shape index (κ2) is 14.2. The van der Waals surface area contributed by atoms with E-state index in [4.69, 9.17) is 0 Å². The summed E-state index contributed by atoms with van der Waals surface area (Å²) in [6.45, 7) is 2.28. The van der Waals surface area contributed by atoms with Crippen molar-refractivity contribution in [3.63, 3.8) is 0 Å². The fourth-order valence-corrected chi connectivity index (χ4v) is 1.96. The van der Waals surface area contributed by atoms with Crippen molar-refractivity contribution in [3.05, 3.63) is 12.2 Å². The van der Waals surface area contributed by atoms with Gasteiger partial charge >= 0.3 is 0 Å². The third kappa shape index (κ3) is 14.2. The van der Waals surface area contributed by atoms with Crippen LogP contribution in [-0.4, -0.2) is 5.33 Å². The molecule has 0 spiro atoms. The highest BCUT2D eigenvalue weighted by Gasteiger charge is 1.90. The van der Waals surface area contributed by atoms with Gasteiger partial charge in [0.1, 0.15) is 0 Å². The molecule has 0 bridgehead atoms. The van der Waals surface area contributed by atoms with Crippen molar-refractivity contribution in [2.75, 3.05) is 5.33 Å². The number of unbranched alkanes of at least 4 members (excludes halogenated alkanes) is 8. The highest BCUT2D eigenvalue weighted by Crippen LogP contribution is 2.09. The first-order valence-corrected chi connectivity index (χ1v) is 7.75. The van der Waals surface area contributed by atoms with Crippen LogP contribution in [0.15, 0.2) is 12.2 Å². The van der Waals surface area contributed by atoms with Gasteiger partial charge in [-0.2, -0.15) is 0 Å². The third-order valence-corrected chi connectivity index (χ3v) is 3.12. The van der Waals surface area contributed by atoms with E-state index in [-0.39, 0.29) is 0 Å². The highest BCUT2D eigenvalue weighted by molar-refractivity contribution is 9.09. The molecule has 0 atom stereocenters. The van der Waals surface area contributed by atoms with Gasteiger partial charge in [0, 0.05) is 5.33 Å². The van der Waals surface area contributed by atoms with Crippen molar-refractivity contribution in [2.45, 2.75) is 71.1 Å². The number of halogens is 1. The van der Waals surface area contributed by atoms with Crippen molar-refractivity contribution >= 4 is 15.9 Å². The second-order valence-electron chi connectivity index (χ2n) is 4.21. The van der Waals surface area contributed by atoms with Gasteiger partial charge in [0.15, 0.2) is 0 Å². The van der Waals surface area contributed by atoms with E-state index in [1.54, 1.807) is 0 Å². The lowest BCUT2D eigenvalue weighted by molar-refractivity contribution is 0.577. The molecule has 0 aliphatic rings. The molecule has 1 heteroatoms. The SMILES string of the molecule is CCCCCCCCCC/C=C\CCBr. The summed E-state index contributed by atoms with van der Waals surface area (Å²) in [4.78, 5) is 0. The van der Waals surface area contributed by atoms with Gasteiger partial charge in [0.05, 0.1) is 0 Å². The molecular weight excluding hydrogens is 248 g/mol. The molecule has 0 amide bonds. The lowest BCUT2D eigenvalue weighted by atomic mass is 10.1. The summed E-state index contributed by atoms with van der Waals surface area (Å²) in [6, 6.07) is 0. The summed E-state index contributed by atoms with van der Waals surface area (Å²) in [5.41, 5.74) is 0. The maximum atomic E-state index is 3.42. The standard InChI is InChI=1S/C14H27Br/c1-2-3-4-5-6-7-8-9-10-11-12-13-14-15/h11-12H,2-10,13-14H2,1H3/b12-11-. The Balaban J connectivity index is 2.92. The number of alkyl halides is 1. The van der Waals surface area contributed by atoms with Gasteiger partial charge in [-0.25, -0.2) is 0 Å². The fourth-order valence-electron chi connectivity index (χ4n) is 1.69. The van der Waals surface area contributed by atoms with Crippen LogP contribution in [0.5, 0.6) is 0 Å². The molecule has 0 rings (SSSR count). The van der Waals surface area contributed by atoms with Gasteiger partial charge in [0.2, 0.25) is 0 Å². The van der Waals surface area contributed by atoms with Crippen molar-refractivity contribution in [1.82, 2.24) is 0 Å². The molecule has 0 aliphatic heterocycles. The molecule has 90 valence electrons. The largest absolute Gasteiger partial charge is 0.0925 e. The van der Waals surface area contributed by atoms with E-state index >= 15 is 0 Å². The van der Waals surface area contributed by atoms with E-state index in [0.29, 0.717) is 0 Å². The van der Waals surface area contributed by atoms with Crippen LogP contribution >= 0.6 is 15.9 Å². The highest BCUT2D eigenvalue weighted by atomic mass is 79.9. The van der Waals surface area contributed by atoms with Gasteiger partial charge in [0.25, 0.3) is 0 Å². The summed E-state index contributed by atoms with van der Waals surface area (Å²) in [7, 11) is 0. The van der Waals surface area contributed by atoms with E-state index in [1.807, 2.05) is 0 Å². The summed E-state index contributed by atoms with van der Waals surface area (Å²) in [6.07, 6.45) is 18.5. The van der Waals surface area contributed by atoms with Gasteiger partial charge < -0.3 is 0 Å². The van der Waals surface area contributed by atoms with Crippen LogP contribution in [0.25, 0.3) is 0 Å². The predicted octanol–water partition coefficient (Wildman–Crippen LogP) is 5.86. The molecule has 0 nitrogen and oxygen atoms in total. The van der Waals surface area contributed by atoms with Crippen molar-refractivity contribution in [1.29, 1.82) is 0 Å². The first kappa shape index (κ1) is 15.2.